The first-order chi connectivity index (χ1) is 10.2. The molecule has 0 saturated carbocycles. The fourth-order valence-electron chi connectivity index (χ4n) is 3.29. The SMILES string of the molecule is NC(c1cc2cc(Cl)ccc2o1)C1CCCc2sccc21. The van der Waals surface area contributed by atoms with Crippen LogP contribution in [0.1, 0.15) is 41.0 Å². The standard InChI is InChI=1S/C17H16ClNOS/c18-11-4-5-14-10(8-11)9-15(20-14)17(19)13-2-1-3-16-12(13)6-7-21-16/h4-9,13,17H,1-3,19H2. The molecule has 21 heavy (non-hydrogen) atoms. The van der Waals surface area contributed by atoms with Crippen LogP contribution in [0.2, 0.25) is 5.02 Å². The Labute approximate surface area is 132 Å². The minimum atomic E-state index is -0.0928. The Morgan fingerprint density at radius 1 is 1.29 bits per heavy atom. The van der Waals surface area contributed by atoms with Gasteiger partial charge in [0.1, 0.15) is 11.3 Å². The zero-order valence-electron chi connectivity index (χ0n) is 11.5. The van der Waals surface area contributed by atoms with E-state index >= 15 is 0 Å². The van der Waals surface area contributed by atoms with Gasteiger partial charge in [-0.05, 0) is 60.5 Å². The molecule has 108 valence electrons. The number of halogens is 1. The Balaban J connectivity index is 1.72. The third-order valence-corrected chi connectivity index (χ3v) is 5.59. The third-order valence-electron chi connectivity index (χ3n) is 4.36. The van der Waals surface area contributed by atoms with Crippen molar-refractivity contribution in [1.29, 1.82) is 0 Å². The summed E-state index contributed by atoms with van der Waals surface area (Å²) in [5.74, 6) is 1.22. The first-order valence-electron chi connectivity index (χ1n) is 7.23. The fraction of sp³-hybridized carbons (Fsp3) is 0.294. The number of aryl methyl sites for hydroxylation is 1. The maximum atomic E-state index is 6.52. The van der Waals surface area contributed by atoms with Gasteiger partial charge in [0.25, 0.3) is 0 Å². The average Bonchev–Trinajstić information content (AvgIpc) is 3.11. The van der Waals surface area contributed by atoms with Crippen LogP contribution in [0, 0.1) is 0 Å². The van der Waals surface area contributed by atoms with Crippen LogP contribution in [0.15, 0.2) is 40.1 Å². The number of rotatable bonds is 2. The summed E-state index contributed by atoms with van der Waals surface area (Å²) in [4.78, 5) is 1.49. The van der Waals surface area contributed by atoms with Crippen molar-refractivity contribution in [3.05, 3.63) is 56.9 Å². The molecule has 2 nitrogen and oxygen atoms in total. The van der Waals surface area contributed by atoms with Crippen molar-refractivity contribution >= 4 is 33.9 Å². The molecule has 0 bridgehead atoms. The lowest BCUT2D eigenvalue weighted by Gasteiger charge is -2.26. The van der Waals surface area contributed by atoms with Gasteiger partial charge in [-0.2, -0.15) is 0 Å². The number of furan rings is 1. The first-order valence-corrected chi connectivity index (χ1v) is 8.49. The second kappa shape index (κ2) is 5.16. The zero-order valence-corrected chi connectivity index (χ0v) is 13.1. The maximum Gasteiger partial charge on any atom is 0.134 e. The average molecular weight is 318 g/mol. The smallest absolute Gasteiger partial charge is 0.134 e. The highest BCUT2D eigenvalue weighted by molar-refractivity contribution is 7.10. The lowest BCUT2D eigenvalue weighted by Crippen LogP contribution is -2.22. The van der Waals surface area contributed by atoms with Gasteiger partial charge in [-0.15, -0.1) is 11.3 Å². The topological polar surface area (TPSA) is 39.2 Å². The van der Waals surface area contributed by atoms with Crippen LogP contribution < -0.4 is 5.73 Å². The number of nitrogens with two attached hydrogens (primary N) is 1. The van der Waals surface area contributed by atoms with E-state index in [0.29, 0.717) is 5.92 Å². The summed E-state index contributed by atoms with van der Waals surface area (Å²) in [5.41, 5.74) is 8.79. The Bertz CT molecular complexity index is 791. The minimum absolute atomic E-state index is 0.0928. The van der Waals surface area contributed by atoms with Gasteiger partial charge < -0.3 is 10.2 Å². The van der Waals surface area contributed by atoms with Crippen LogP contribution in [-0.4, -0.2) is 0 Å². The Kier molecular flexibility index (Phi) is 3.29. The quantitative estimate of drug-likeness (QED) is 0.699. The molecule has 0 amide bonds. The molecule has 1 aromatic carbocycles. The van der Waals surface area contributed by atoms with Crippen LogP contribution in [-0.2, 0) is 6.42 Å². The van der Waals surface area contributed by atoms with Crippen molar-refractivity contribution in [3.8, 4) is 0 Å². The Hall–Kier alpha value is -1.29. The molecule has 0 spiro atoms. The number of benzene rings is 1. The van der Waals surface area contributed by atoms with Crippen molar-refractivity contribution in [2.24, 2.45) is 5.73 Å². The molecule has 1 aliphatic carbocycles. The van der Waals surface area contributed by atoms with Crippen molar-refractivity contribution in [3.63, 3.8) is 0 Å². The molecule has 0 radical (unpaired) electrons. The van der Waals surface area contributed by atoms with Gasteiger partial charge in [-0.25, -0.2) is 0 Å². The summed E-state index contributed by atoms with van der Waals surface area (Å²) in [7, 11) is 0. The van der Waals surface area contributed by atoms with Crippen LogP contribution >= 0.6 is 22.9 Å². The van der Waals surface area contributed by atoms with E-state index in [1.165, 1.54) is 23.3 Å². The fourth-order valence-corrected chi connectivity index (χ4v) is 4.47. The molecule has 4 rings (SSSR count). The predicted octanol–water partition coefficient (Wildman–Crippen LogP) is 5.27. The molecule has 2 atom stereocenters. The van der Waals surface area contributed by atoms with E-state index in [1.54, 1.807) is 0 Å². The van der Waals surface area contributed by atoms with E-state index in [1.807, 2.05) is 35.6 Å². The second-order valence-electron chi connectivity index (χ2n) is 5.65. The molecule has 2 N–H and O–H groups in total. The van der Waals surface area contributed by atoms with E-state index in [-0.39, 0.29) is 6.04 Å². The first kappa shape index (κ1) is 13.4. The molecular formula is C17H16ClNOS. The van der Waals surface area contributed by atoms with E-state index in [2.05, 4.69) is 11.4 Å². The van der Waals surface area contributed by atoms with Gasteiger partial charge in [0.2, 0.25) is 0 Å². The molecule has 4 heteroatoms. The van der Waals surface area contributed by atoms with Gasteiger partial charge >= 0.3 is 0 Å². The number of thiophene rings is 1. The molecule has 0 aliphatic heterocycles. The van der Waals surface area contributed by atoms with Gasteiger partial charge in [0.15, 0.2) is 0 Å². The summed E-state index contributed by atoms with van der Waals surface area (Å²) in [5, 5.41) is 3.92. The lowest BCUT2D eigenvalue weighted by molar-refractivity contribution is 0.410. The highest BCUT2D eigenvalue weighted by Crippen LogP contribution is 2.42. The zero-order chi connectivity index (χ0) is 14.4. The Morgan fingerprint density at radius 2 is 2.19 bits per heavy atom. The maximum absolute atomic E-state index is 6.52. The molecule has 3 aromatic rings. The summed E-state index contributed by atoms with van der Waals surface area (Å²) >= 11 is 7.88. The van der Waals surface area contributed by atoms with E-state index in [4.69, 9.17) is 21.8 Å². The lowest BCUT2D eigenvalue weighted by atomic mass is 9.82. The van der Waals surface area contributed by atoms with E-state index < -0.39 is 0 Å². The van der Waals surface area contributed by atoms with Crippen molar-refractivity contribution in [1.82, 2.24) is 0 Å². The number of hydrogen-bond donors (Lipinski definition) is 1. The van der Waals surface area contributed by atoms with E-state index in [9.17, 15) is 0 Å². The summed E-state index contributed by atoms with van der Waals surface area (Å²) in [6.45, 7) is 0. The van der Waals surface area contributed by atoms with Crippen LogP contribution in [0.3, 0.4) is 0 Å². The molecule has 2 heterocycles. The molecule has 2 unspecified atom stereocenters. The number of hydrogen-bond acceptors (Lipinski definition) is 3. The molecule has 0 fully saturated rings. The summed E-state index contributed by atoms with van der Waals surface area (Å²) in [6, 6.07) is 9.85. The highest BCUT2D eigenvalue weighted by Gasteiger charge is 2.29. The minimum Gasteiger partial charge on any atom is -0.459 e. The molecule has 2 aromatic heterocycles. The van der Waals surface area contributed by atoms with Crippen molar-refractivity contribution in [2.45, 2.75) is 31.2 Å². The van der Waals surface area contributed by atoms with Gasteiger partial charge in [0.05, 0.1) is 6.04 Å². The van der Waals surface area contributed by atoms with Gasteiger partial charge in [-0.1, -0.05) is 11.6 Å². The van der Waals surface area contributed by atoms with Crippen molar-refractivity contribution in [2.75, 3.05) is 0 Å². The van der Waals surface area contributed by atoms with Crippen LogP contribution in [0.25, 0.3) is 11.0 Å². The van der Waals surface area contributed by atoms with E-state index in [0.717, 1.165) is 28.2 Å². The molecular weight excluding hydrogens is 302 g/mol. The van der Waals surface area contributed by atoms with Gasteiger partial charge in [0, 0.05) is 21.2 Å². The van der Waals surface area contributed by atoms with Gasteiger partial charge in [-0.3, -0.25) is 0 Å². The highest BCUT2D eigenvalue weighted by atomic mass is 35.5. The molecule has 1 aliphatic rings. The van der Waals surface area contributed by atoms with Crippen LogP contribution in [0.4, 0.5) is 0 Å². The number of fused-ring (bicyclic) bond motifs is 2. The predicted molar refractivity (Wildman–Crippen MR) is 88.2 cm³/mol. The van der Waals surface area contributed by atoms with Crippen LogP contribution in [0.5, 0.6) is 0 Å². The Morgan fingerprint density at radius 3 is 3.10 bits per heavy atom. The monoisotopic (exact) mass is 317 g/mol. The summed E-state index contributed by atoms with van der Waals surface area (Å²) < 4.78 is 5.95. The molecule has 0 saturated heterocycles. The third kappa shape index (κ3) is 2.30. The van der Waals surface area contributed by atoms with Crippen molar-refractivity contribution < 1.29 is 4.42 Å². The second-order valence-corrected chi connectivity index (χ2v) is 7.09. The summed E-state index contributed by atoms with van der Waals surface area (Å²) in [6.07, 6.45) is 3.52. The normalized spacial score (nSPS) is 19.6. The largest absolute Gasteiger partial charge is 0.459 e.